The molecule has 1 atom stereocenters. The van der Waals surface area contributed by atoms with E-state index in [0.717, 1.165) is 5.56 Å². The van der Waals surface area contributed by atoms with Crippen molar-refractivity contribution in [2.45, 2.75) is 31.3 Å². The van der Waals surface area contributed by atoms with Gasteiger partial charge in [-0.3, -0.25) is 0 Å². The van der Waals surface area contributed by atoms with Gasteiger partial charge in [0.2, 0.25) is 10.0 Å². The summed E-state index contributed by atoms with van der Waals surface area (Å²) in [5.74, 6) is 0.651. The predicted molar refractivity (Wildman–Crippen MR) is 69.2 cm³/mol. The van der Waals surface area contributed by atoms with E-state index >= 15 is 0 Å². The zero-order chi connectivity index (χ0) is 13.8. The van der Waals surface area contributed by atoms with E-state index in [1.54, 1.807) is 26.0 Å². The Hall–Kier alpha value is -1.11. The number of sulfonamides is 1. The van der Waals surface area contributed by atoms with Crippen molar-refractivity contribution < 1.29 is 18.3 Å². The smallest absolute Gasteiger partial charge is 0.240 e. The van der Waals surface area contributed by atoms with E-state index in [1.807, 2.05) is 0 Å². The molecule has 0 spiro atoms. The summed E-state index contributed by atoms with van der Waals surface area (Å²) >= 11 is 0. The SMILES string of the molecule is COc1ccc(S(=O)(=O)NCCC(C)O)cc1C. The van der Waals surface area contributed by atoms with Crippen LogP contribution < -0.4 is 9.46 Å². The van der Waals surface area contributed by atoms with Crippen LogP contribution in [0, 0.1) is 6.92 Å². The summed E-state index contributed by atoms with van der Waals surface area (Å²) in [5, 5.41) is 9.08. The molecule has 18 heavy (non-hydrogen) atoms. The lowest BCUT2D eigenvalue weighted by Gasteiger charge is -2.10. The molecule has 0 aliphatic heterocycles. The summed E-state index contributed by atoms with van der Waals surface area (Å²) in [6.07, 6.45) is -0.140. The van der Waals surface area contributed by atoms with Crippen LogP contribution >= 0.6 is 0 Å². The van der Waals surface area contributed by atoms with Crippen molar-refractivity contribution in [3.63, 3.8) is 0 Å². The fourth-order valence-electron chi connectivity index (χ4n) is 1.50. The Morgan fingerprint density at radius 1 is 1.44 bits per heavy atom. The molecule has 0 aromatic heterocycles. The molecule has 1 rings (SSSR count). The van der Waals surface area contributed by atoms with Crippen LogP contribution in [0.25, 0.3) is 0 Å². The van der Waals surface area contributed by atoms with Crippen molar-refractivity contribution >= 4 is 10.0 Å². The summed E-state index contributed by atoms with van der Waals surface area (Å²) in [7, 11) is -1.98. The van der Waals surface area contributed by atoms with E-state index in [-0.39, 0.29) is 11.4 Å². The first-order valence-electron chi connectivity index (χ1n) is 5.69. The molecule has 1 aromatic carbocycles. The molecular weight excluding hydrogens is 254 g/mol. The standard InChI is InChI=1S/C12H19NO4S/c1-9-8-11(4-5-12(9)17-3)18(15,16)13-7-6-10(2)14/h4-5,8,10,13-14H,6-7H2,1-3H3. The molecular formula is C12H19NO4S. The fraction of sp³-hybridized carbons (Fsp3) is 0.500. The average Bonchev–Trinajstić information content (AvgIpc) is 2.28. The van der Waals surface area contributed by atoms with E-state index in [2.05, 4.69) is 4.72 Å². The van der Waals surface area contributed by atoms with Crippen LogP contribution in [0.1, 0.15) is 18.9 Å². The fourth-order valence-corrected chi connectivity index (χ4v) is 2.64. The minimum Gasteiger partial charge on any atom is -0.496 e. The average molecular weight is 273 g/mol. The Morgan fingerprint density at radius 3 is 2.61 bits per heavy atom. The summed E-state index contributed by atoms with van der Waals surface area (Å²) < 4.78 is 31.4. The van der Waals surface area contributed by atoms with Crippen LogP contribution in [0.3, 0.4) is 0 Å². The maximum Gasteiger partial charge on any atom is 0.240 e. The number of aryl methyl sites for hydroxylation is 1. The first-order valence-corrected chi connectivity index (χ1v) is 7.17. The monoisotopic (exact) mass is 273 g/mol. The third kappa shape index (κ3) is 3.97. The van der Waals surface area contributed by atoms with Crippen molar-refractivity contribution in [3.8, 4) is 5.75 Å². The molecule has 0 saturated heterocycles. The summed E-state index contributed by atoms with van der Waals surface area (Å²) in [6, 6.07) is 4.68. The molecule has 0 aliphatic carbocycles. The van der Waals surface area contributed by atoms with E-state index in [1.165, 1.54) is 13.2 Å². The van der Waals surface area contributed by atoms with Crippen molar-refractivity contribution in [2.75, 3.05) is 13.7 Å². The lowest BCUT2D eigenvalue weighted by atomic mass is 10.2. The van der Waals surface area contributed by atoms with Gasteiger partial charge in [-0.25, -0.2) is 13.1 Å². The Bertz CT molecular complexity index is 497. The molecule has 0 amide bonds. The quantitative estimate of drug-likeness (QED) is 0.812. The number of methoxy groups -OCH3 is 1. The van der Waals surface area contributed by atoms with Crippen LogP contribution in [0.15, 0.2) is 23.1 Å². The first-order chi connectivity index (χ1) is 8.36. The molecule has 0 saturated carbocycles. The van der Waals surface area contributed by atoms with Gasteiger partial charge in [-0.15, -0.1) is 0 Å². The highest BCUT2D eigenvalue weighted by molar-refractivity contribution is 7.89. The molecule has 102 valence electrons. The minimum absolute atomic E-state index is 0.200. The zero-order valence-corrected chi connectivity index (χ0v) is 11.6. The first kappa shape index (κ1) is 14.9. The van der Waals surface area contributed by atoms with E-state index in [4.69, 9.17) is 9.84 Å². The maximum absolute atomic E-state index is 11.9. The van der Waals surface area contributed by atoms with Crippen molar-refractivity contribution in [3.05, 3.63) is 23.8 Å². The number of hydrogen-bond donors (Lipinski definition) is 2. The molecule has 0 aliphatic rings. The summed E-state index contributed by atoms with van der Waals surface area (Å²) in [6.45, 7) is 3.62. The van der Waals surface area contributed by atoms with Gasteiger partial charge in [0, 0.05) is 6.54 Å². The second-order valence-corrected chi connectivity index (χ2v) is 5.93. The summed E-state index contributed by atoms with van der Waals surface area (Å²) in [5.41, 5.74) is 0.760. The normalized spacial score (nSPS) is 13.3. The topological polar surface area (TPSA) is 75.6 Å². The lowest BCUT2D eigenvalue weighted by Crippen LogP contribution is -2.26. The van der Waals surface area contributed by atoms with Gasteiger partial charge in [-0.2, -0.15) is 0 Å². The van der Waals surface area contributed by atoms with Gasteiger partial charge >= 0.3 is 0 Å². The van der Waals surface area contributed by atoms with Crippen molar-refractivity contribution in [2.24, 2.45) is 0 Å². The van der Waals surface area contributed by atoms with E-state index < -0.39 is 16.1 Å². The molecule has 1 aromatic rings. The van der Waals surface area contributed by atoms with Crippen LogP contribution in [-0.2, 0) is 10.0 Å². The highest BCUT2D eigenvalue weighted by Gasteiger charge is 2.15. The highest BCUT2D eigenvalue weighted by atomic mass is 32.2. The molecule has 5 nitrogen and oxygen atoms in total. The molecule has 6 heteroatoms. The molecule has 0 heterocycles. The largest absolute Gasteiger partial charge is 0.496 e. The Balaban J connectivity index is 2.82. The highest BCUT2D eigenvalue weighted by Crippen LogP contribution is 2.21. The minimum atomic E-state index is -3.52. The lowest BCUT2D eigenvalue weighted by molar-refractivity contribution is 0.186. The Labute approximate surface area is 108 Å². The van der Waals surface area contributed by atoms with E-state index in [9.17, 15) is 8.42 Å². The second-order valence-electron chi connectivity index (χ2n) is 4.17. The van der Waals surface area contributed by atoms with Crippen LogP contribution in [0.5, 0.6) is 5.75 Å². The van der Waals surface area contributed by atoms with E-state index in [0.29, 0.717) is 12.2 Å². The van der Waals surface area contributed by atoms with Gasteiger partial charge < -0.3 is 9.84 Å². The zero-order valence-electron chi connectivity index (χ0n) is 10.8. The Morgan fingerprint density at radius 2 is 2.11 bits per heavy atom. The third-order valence-corrected chi connectivity index (χ3v) is 3.99. The Kier molecular flexibility index (Phi) is 5.13. The van der Waals surface area contributed by atoms with Crippen molar-refractivity contribution in [1.29, 1.82) is 0 Å². The van der Waals surface area contributed by atoms with Gasteiger partial charge in [0.1, 0.15) is 5.75 Å². The number of benzene rings is 1. The van der Waals surface area contributed by atoms with Gasteiger partial charge in [-0.05, 0) is 44.0 Å². The molecule has 2 N–H and O–H groups in total. The van der Waals surface area contributed by atoms with Gasteiger partial charge in [-0.1, -0.05) is 0 Å². The predicted octanol–water partition coefficient (Wildman–Crippen LogP) is 1.05. The molecule has 1 unspecified atom stereocenters. The molecule has 0 radical (unpaired) electrons. The number of aliphatic hydroxyl groups excluding tert-OH is 1. The van der Waals surface area contributed by atoms with Gasteiger partial charge in [0.15, 0.2) is 0 Å². The number of ether oxygens (including phenoxy) is 1. The van der Waals surface area contributed by atoms with Gasteiger partial charge in [0.25, 0.3) is 0 Å². The number of aliphatic hydroxyl groups is 1. The maximum atomic E-state index is 11.9. The number of rotatable bonds is 6. The molecule has 0 bridgehead atoms. The van der Waals surface area contributed by atoms with Crippen LogP contribution in [-0.4, -0.2) is 33.3 Å². The molecule has 0 fully saturated rings. The summed E-state index contributed by atoms with van der Waals surface area (Å²) in [4.78, 5) is 0.200. The third-order valence-electron chi connectivity index (χ3n) is 2.53. The van der Waals surface area contributed by atoms with Crippen LogP contribution in [0.2, 0.25) is 0 Å². The number of hydrogen-bond acceptors (Lipinski definition) is 4. The van der Waals surface area contributed by atoms with Crippen molar-refractivity contribution in [1.82, 2.24) is 4.72 Å². The van der Waals surface area contributed by atoms with Crippen LogP contribution in [0.4, 0.5) is 0 Å². The second kappa shape index (κ2) is 6.17. The number of nitrogens with one attached hydrogen (secondary N) is 1. The van der Waals surface area contributed by atoms with Gasteiger partial charge in [0.05, 0.1) is 18.1 Å².